The number of nitrogens with zero attached hydrogens (tertiary/aromatic N) is 1. The van der Waals surface area contributed by atoms with Crippen molar-refractivity contribution in [1.82, 2.24) is 9.97 Å². The minimum Gasteiger partial charge on any atom is -0.353 e. The van der Waals surface area contributed by atoms with Gasteiger partial charge in [-0.1, -0.05) is 22.0 Å². The fourth-order valence-corrected chi connectivity index (χ4v) is 3.42. The molecule has 3 N–H and O–H groups in total. The number of hydrogen-bond donors (Lipinski definition) is 2. The summed E-state index contributed by atoms with van der Waals surface area (Å²) in [6.45, 7) is 0.564. The number of benzene rings is 1. The molecule has 3 aromatic rings. The van der Waals surface area contributed by atoms with Crippen LogP contribution in [0.1, 0.15) is 5.56 Å². The molecule has 1 atom stereocenters. The predicted octanol–water partition coefficient (Wildman–Crippen LogP) is 3.22. The molecule has 0 saturated carbocycles. The Bertz CT molecular complexity index is 825. The quantitative estimate of drug-likeness (QED) is 0.354. The maximum absolute atomic E-state index is 6.16. The Labute approximate surface area is 131 Å². The van der Waals surface area contributed by atoms with E-state index in [0.717, 1.165) is 35.5 Å². The summed E-state index contributed by atoms with van der Waals surface area (Å²) in [6, 6.07) is 6.10. The van der Waals surface area contributed by atoms with E-state index in [-0.39, 0.29) is 0 Å². The molecular formula is C13H9BrIN3O. The van der Waals surface area contributed by atoms with Crippen LogP contribution in [-0.2, 0) is 10.5 Å². The first-order chi connectivity index (χ1) is 9.08. The molecule has 0 spiro atoms. The van der Waals surface area contributed by atoms with Crippen LogP contribution in [0.3, 0.4) is 0 Å². The lowest BCUT2D eigenvalue weighted by atomic mass is 10.0. The van der Waals surface area contributed by atoms with E-state index in [1.54, 1.807) is 0 Å². The van der Waals surface area contributed by atoms with Gasteiger partial charge in [-0.25, -0.2) is 4.98 Å². The van der Waals surface area contributed by atoms with Crippen molar-refractivity contribution in [2.45, 2.75) is 5.72 Å². The molecule has 2 aromatic heterocycles. The van der Waals surface area contributed by atoms with E-state index in [9.17, 15) is 0 Å². The lowest BCUT2D eigenvalue weighted by Gasteiger charge is -2.08. The Hall–Kier alpha value is -0.700. The summed E-state index contributed by atoms with van der Waals surface area (Å²) in [4.78, 5) is 7.72. The number of H-pyrrole nitrogens is 1. The lowest BCUT2D eigenvalue weighted by Crippen LogP contribution is -2.21. The fourth-order valence-electron chi connectivity index (χ4n) is 2.43. The van der Waals surface area contributed by atoms with Crippen molar-refractivity contribution in [3.8, 4) is 0 Å². The second kappa shape index (κ2) is 3.91. The highest BCUT2D eigenvalue weighted by molar-refractivity contribution is 14.1. The second-order valence-corrected chi connectivity index (χ2v) is 6.66. The van der Waals surface area contributed by atoms with Gasteiger partial charge in [-0.2, -0.15) is 0 Å². The number of hydrogen-bond acceptors (Lipinski definition) is 3. The van der Waals surface area contributed by atoms with Gasteiger partial charge in [-0.05, 0) is 34.7 Å². The van der Waals surface area contributed by atoms with Gasteiger partial charge in [0.25, 0.3) is 0 Å². The summed E-state index contributed by atoms with van der Waals surface area (Å²) in [7, 11) is 0. The van der Waals surface area contributed by atoms with E-state index < -0.39 is 5.72 Å². The molecule has 96 valence electrons. The van der Waals surface area contributed by atoms with E-state index >= 15 is 0 Å². The number of rotatable bonds is 1. The molecule has 3 heterocycles. The van der Waals surface area contributed by atoms with Crippen LogP contribution >= 0.6 is 38.5 Å². The number of halogens is 2. The molecule has 1 aliphatic heterocycles. The zero-order chi connectivity index (χ0) is 13.2. The highest BCUT2D eigenvalue weighted by Gasteiger charge is 2.44. The van der Waals surface area contributed by atoms with Crippen molar-refractivity contribution in [2.75, 3.05) is 6.61 Å². The number of pyridine rings is 1. The van der Waals surface area contributed by atoms with Gasteiger partial charge in [-0.15, -0.1) is 0 Å². The molecule has 0 amide bonds. The van der Waals surface area contributed by atoms with Crippen molar-refractivity contribution in [2.24, 2.45) is 5.73 Å². The summed E-state index contributed by atoms with van der Waals surface area (Å²) in [5.74, 6) is 0. The Kier molecular flexibility index (Phi) is 2.48. The molecular weight excluding hydrogens is 421 g/mol. The van der Waals surface area contributed by atoms with Crippen molar-refractivity contribution in [3.05, 3.63) is 38.1 Å². The number of fused-ring (bicyclic) bond motifs is 3. The highest BCUT2D eigenvalue weighted by atomic mass is 127. The topological polar surface area (TPSA) is 67.2 Å². The van der Waals surface area contributed by atoms with Gasteiger partial charge in [-0.3, -0.25) is 5.73 Å². The van der Waals surface area contributed by atoms with Crippen LogP contribution in [0.25, 0.3) is 21.8 Å². The number of nitrogens with two attached hydrogens (primary N) is 1. The van der Waals surface area contributed by atoms with Gasteiger partial charge < -0.3 is 9.72 Å². The Morgan fingerprint density at radius 2 is 2.26 bits per heavy atom. The highest BCUT2D eigenvalue weighted by Crippen LogP contribution is 2.41. The minimum absolute atomic E-state index is 0.564. The second-order valence-electron chi connectivity index (χ2n) is 4.70. The number of aromatic amines is 1. The average Bonchev–Trinajstić information content (AvgIpc) is 3.00. The van der Waals surface area contributed by atoms with Crippen molar-refractivity contribution in [3.63, 3.8) is 0 Å². The molecule has 19 heavy (non-hydrogen) atoms. The molecule has 1 aliphatic rings. The molecule has 0 bridgehead atoms. The summed E-state index contributed by atoms with van der Waals surface area (Å²) >= 11 is 5.84. The lowest BCUT2D eigenvalue weighted by molar-refractivity contribution is 0.318. The maximum atomic E-state index is 6.16. The molecule has 6 heteroatoms. The first kappa shape index (κ1) is 12.1. The Morgan fingerprint density at radius 3 is 3.00 bits per heavy atom. The van der Waals surface area contributed by atoms with Crippen molar-refractivity contribution in [1.29, 1.82) is 0 Å². The third-order valence-electron chi connectivity index (χ3n) is 3.47. The van der Waals surface area contributed by atoms with Crippen LogP contribution in [0.2, 0.25) is 0 Å². The van der Waals surface area contributed by atoms with Gasteiger partial charge in [0.1, 0.15) is 3.70 Å². The van der Waals surface area contributed by atoms with Crippen LogP contribution in [0.15, 0.2) is 28.9 Å². The number of nitrogens with one attached hydrogen (secondary N) is 1. The van der Waals surface area contributed by atoms with E-state index in [2.05, 4.69) is 54.6 Å². The number of epoxide rings is 1. The predicted molar refractivity (Wildman–Crippen MR) is 85.8 cm³/mol. The normalized spacial score (nSPS) is 22.3. The summed E-state index contributed by atoms with van der Waals surface area (Å²) in [5.41, 5.74) is 8.55. The Morgan fingerprint density at radius 1 is 1.47 bits per heavy atom. The van der Waals surface area contributed by atoms with E-state index in [4.69, 9.17) is 10.5 Å². The zero-order valence-electron chi connectivity index (χ0n) is 9.71. The minimum atomic E-state index is -0.638. The SMILES string of the molecule is NC1(c2ccc(Br)c3c2[nH]c2cnc(I)cc23)CO1. The fraction of sp³-hybridized carbons (Fsp3) is 0.154. The summed E-state index contributed by atoms with van der Waals surface area (Å²) in [6.07, 6.45) is 1.85. The van der Waals surface area contributed by atoms with Crippen LogP contribution in [0.5, 0.6) is 0 Å². The van der Waals surface area contributed by atoms with Gasteiger partial charge in [0, 0.05) is 20.8 Å². The van der Waals surface area contributed by atoms with Gasteiger partial charge in [0.05, 0.1) is 23.8 Å². The van der Waals surface area contributed by atoms with E-state index in [1.807, 2.05) is 18.3 Å². The zero-order valence-corrected chi connectivity index (χ0v) is 13.4. The third-order valence-corrected chi connectivity index (χ3v) is 4.72. The van der Waals surface area contributed by atoms with Gasteiger partial charge in [0.2, 0.25) is 0 Å². The molecule has 1 fully saturated rings. The molecule has 1 unspecified atom stereocenters. The summed E-state index contributed by atoms with van der Waals surface area (Å²) in [5, 5.41) is 2.28. The van der Waals surface area contributed by atoms with Crippen LogP contribution in [-0.4, -0.2) is 16.6 Å². The molecule has 0 aliphatic carbocycles. The van der Waals surface area contributed by atoms with E-state index in [0.29, 0.717) is 6.61 Å². The first-order valence-corrected chi connectivity index (χ1v) is 7.64. The van der Waals surface area contributed by atoms with Gasteiger partial charge in [0.15, 0.2) is 5.72 Å². The Balaban J connectivity index is 2.18. The van der Waals surface area contributed by atoms with Crippen molar-refractivity contribution >= 4 is 60.3 Å². The molecule has 1 aromatic carbocycles. The molecule has 0 radical (unpaired) electrons. The maximum Gasteiger partial charge on any atom is 0.168 e. The standard InChI is InChI=1S/C13H9BrIN3O/c14-8-2-1-7(13(16)5-19-13)12-11(8)6-3-10(15)17-4-9(6)18-12/h1-4,18H,5,16H2. The van der Waals surface area contributed by atoms with Crippen LogP contribution in [0.4, 0.5) is 0 Å². The first-order valence-electron chi connectivity index (χ1n) is 5.77. The molecule has 4 nitrogen and oxygen atoms in total. The van der Waals surface area contributed by atoms with E-state index in [1.165, 1.54) is 0 Å². The largest absolute Gasteiger partial charge is 0.353 e. The monoisotopic (exact) mass is 429 g/mol. The average molecular weight is 430 g/mol. The number of ether oxygens (including phenoxy) is 1. The smallest absolute Gasteiger partial charge is 0.168 e. The summed E-state index contributed by atoms with van der Waals surface area (Å²) < 4.78 is 7.39. The van der Waals surface area contributed by atoms with Crippen LogP contribution in [0, 0.1) is 3.70 Å². The third kappa shape index (κ3) is 1.74. The van der Waals surface area contributed by atoms with Crippen molar-refractivity contribution < 1.29 is 4.74 Å². The van der Waals surface area contributed by atoms with Crippen LogP contribution < -0.4 is 5.73 Å². The molecule has 4 rings (SSSR count). The number of aromatic nitrogens is 2. The molecule has 1 saturated heterocycles. The van der Waals surface area contributed by atoms with Gasteiger partial charge >= 0.3 is 0 Å².